The summed E-state index contributed by atoms with van der Waals surface area (Å²) < 4.78 is 53.5. The third-order valence-corrected chi connectivity index (χ3v) is 3.41. The molecule has 2 rings (SSSR count). The number of rotatable bonds is 2. The molecular formula is C13H5BrClF4NO. The number of hydrogen-bond donors (Lipinski definition) is 1. The summed E-state index contributed by atoms with van der Waals surface area (Å²) in [4.78, 5) is 11.8. The number of nitrogens with one attached hydrogen (secondary N) is 1. The van der Waals surface area contributed by atoms with Crippen molar-refractivity contribution < 1.29 is 22.4 Å². The number of carbonyl (C=O) groups excluding carboxylic acids is 1. The van der Waals surface area contributed by atoms with Crippen molar-refractivity contribution in [3.63, 3.8) is 0 Å². The Bertz CT molecular complexity index is 739. The van der Waals surface area contributed by atoms with E-state index in [2.05, 4.69) is 15.9 Å². The van der Waals surface area contributed by atoms with Crippen LogP contribution >= 0.6 is 27.5 Å². The highest BCUT2D eigenvalue weighted by Crippen LogP contribution is 2.25. The van der Waals surface area contributed by atoms with Crippen molar-refractivity contribution in [2.75, 3.05) is 5.32 Å². The van der Waals surface area contributed by atoms with Crippen LogP contribution in [0.3, 0.4) is 0 Å². The maximum Gasteiger partial charge on any atom is 0.258 e. The lowest BCUT2D eigenvalue weighted by Gasteiger charge is -2.09. The van der Waals surface area contributed by atoms with Crippen molar-refractivity contribution in [1.82, 2.24) is 0 Å². The maximum atomic E-state index is 13.6. The molecule has 0 atom stereocenters. The SMILES string of the molecule is O=C(Nc1cc(F)c(Br)cc1F)c1cc(F)c(Cl)cc1F. The lowest BCUT2D eigenvalue weighted by atomic mass is 10.2. The van der Waals surface area contributed by atoms with Gasteiger partial charge in [-0.3, -0.25) is 4.79 Å². The van der Waals surface area contributed by atoms with Gasteiger partial charge in [0.1, 0.15) is 23.3 Å². The Morgan fingerprint density at radius 1 is 0.952 bits per heavy atom. The molecule has 0 heterocycles. The first-order valence-electron chi connectivity index (χ1n) is 5.40. The summed E-state index contributed by atoms with van der Waals surface area (Å²) in [5.74, 6) is -4.99. The second-order valence-corrected chi connectivity index (χ2v) is 5.21. The molecule has 2 aromatic carbocycles. The molecule has 1 amide bonds. The van der Waals surface area contributed by atoms with E-state index in [9.17, 15) is 22.4 Å². The van der Waals surface area contributed by atoms with Crippen molar-refractivity contribution in [2.45, 2.75) is 0 Å². The van der Waals surface area contributed by atoms with Gasteiger partial charge in [0.15, 0.2) is 0 Å². The number of benzene rings is 2. The largest absolute Gasteiger partial charge is 0.319 e. The molecule has 2 aromatic rings. The van der Waals surface area contributed by atoms with Gasteiger partial charge in [-0.2, -0.15) is 0 Å². The molecule has 110 valence electrons. The second-order valence-electron chi connectivity index (χ2n) is 3.95. The average molecular weight is 383 g/mol. The van der Waals surface area contributed by atoms with Gasteiger partial charge in [0.25, 0.3) is 5.91 Å². The van der Waals surface area contributed by atoms with Gasteiger partial charge in [-0.05, 0) is 34.1 Å². The quantitative estimate of drug-likeness (QED) is 0.580. The van der Waals surface area contributed by atoms with Crippen molar-refractivity contribution in [2.24, 2.45) is 0 Å². The Hall–Kier alpha value is -1.60. The van der Waals surface area contributed by atoms with Gasteiger partial charge in [-0.1, -0.05) is 11.6 Å². The molecule has 0 saturated carbocycles. The number of anilines is 1. The van der Waals surface area contributed by atoms with E-state index >= 15 is 0 Å². The molecule has 2 nitrogen and oxygen atoms in total. The molecule has 0 radical (unpaired) electrons. The summed E-state index contributed by atoms with van der Waals surface area (Å²) in [6.07, 6.45) is 0. The van der Waals surface area contributed by atoms with Crippen molar-refractivity contribution >= 4 is 39.1 Å². The highest BCUT2D eigenvalue weighted by atomic mass is 79.9. The van der Waals surface area contributed by atoms with Gasteiger partial charge in [-0.25, -0.2) is 17.6 Å². The van der Waals surface area contributed by atoms with Crippen molar-refractivity contribution in [1.29, 1.82) is 0 Å². The smallest absolute Gasteiger partial charge is 0.258 e. The van der Waals surface area contributed by atoms with Gasteiger partial charge >= 0.3 is 0 Å². The summed E-state index contributed by atoms with van der Waals surface area (Å²) in [6, 6.07) is 2.69. The standard InChI is InChI=1S/C13H5BrClF4NO/c14-6-2-11(19)12(4-9(6)17)20-13(21)5-1-10(18)7(15)3-8(5)16/h1-4H,(H,20,21). The van der Waals surface area contributed by atoms with Crippen LogP contribution in [0.2, 0.25) is 5.02 Å². The average Bonchev–Trinajstić information content (AvgIpc) is 2.40. The molecule has 0 aliphatic heterocycles. The van der Waals surface area contributed by atoms with E-state index in [1.807, 2.05) is 5.32 Å². The molecule has 0 bridgehead atoms. The molecule has 0 aliphatic carbocycles. The Morgan fingerprint density at radius 3 is 2.29 bits per heavy atom. The molecule has 0 aliphatic rings. The minimum Gasteiger partial charge on any atom is -0.319 e. The van der Waals surface area contributed by atoms with Gasteiger partial charge in [-0.15, -0.1) is 0 Å². The number of hydrogen-bond acceptors (Lipinski definition) is 1. The minimum atomic E-state index is -1.14. The molecule has 0 saturated heterocycles. The fraction of sp³-hybridized carbons (Fsp3) is 0. The summed E-state index contributed by atoms with van der Waals surface area (Å²) in [5, 5.41) is 1.46. The first-order valence-corrected chi connectivity index (χ1v) is 6.57. The van der Waals surface area contributed by atoms with Gasteiger partial charge in [0, 0.05) is 6.07 Å². The highest BCUT2D eigenvalue weighted by Gasteiger charge is 2.18. The summed E-state index contributed by atoms with van der Waals surface area (Å²) in [5.41, 5.74) is -1.19. The molecule has 0 unspecified atom stereocenters. The second kappa shape index (κ2) is 6.03. The lowest BCUT2D eigenvalue weighted by Crippen LogP contribution is -2.15. The fourth-order valence-corrected chi connectivity index (χ4v) is 1.97. The molecule has 0 spiro atoms. The van der Waals surface area contributed by atoms with Crippen LogP contribution in [0, 0.1) is 23.3 Å². The first-order chi connectivity index (χ1) is 9.79. The molecule has 21 heavy (non-hydrogen) atoms. The van der Waals surface area contributed by atoms with Crippen LogP contribution in [0.25, 0.3) is 0 Å². The summed E-state index contributed by atoms with van der Waals surface area (Å²) in [7, 11) is 0. The minimum absolute atomic E-state index is 0.137. The fourth-order valence-electron chi connectivity index (χ4n) is 1.50. The zero-order valence-corrected chi connectivity index (χ0v) is 12.3. The van der Waals surface area contributed by atoms with E-state index in [1.165, 1.54) is 0 Å². The maximum absolute atomic E-state index is 13.6. The Labute approximate surface area is 129 Å². The van der Waals surface area contributed by atoms with E-state index in [0.29, 0.717) is 18.2 Å². The zero-order chi connectivity index (χ0) is 15.7. The van der Waals surface area contributed by atoms with E-state index in [-0.39, 0.29) is 4.47 Å². The van der Waals surface area contributed by atoms with Crippen LogP contribution in [-0.4, -0.2) is 5.91 Å². The third-order valence-electron chi connectivity index (χ3n) is 2.51. The summed E-state index contributed by atoms with van der Waals surface area (Å²) >= 11 is 8.12. The Morgan fingerprint density at radius 2 is 1.62 bits per heavy atom. The van der Waals surface area contributed by atoms with Gasteiger partial charge in [0.2, 0.25) is 0 Å². The number of carbonyl (C=O) groups is 1. The van der Waals surface area contributed by atoms with Crippen LogP contribution in [0.5, 0.6) is 0 Å². The van der Waals surface area contributed by atoms with Crippen molar-refractivity contribution in [3.8, 4) is 0 Å². The first kappa shape index (κ1) is 15.8. The normalized spacial score (nSPS) is 10.6. The molecular weight excluding hydrogens is 377 g/mol. The van der Waals surface area contributed by atoms with Crippen LogP contribution < -0.4 is 5.32 Å². The van der Waals surface area contributed by atoms with Crippen LogP contribution in [-0.2, 0) is 0 Å². The Kier molecular flexibility index (Phi) is 4.53. The van der Waals surface area contributed by atoms with E-state index in [1.54, 1.807) is 0 Å². The van der Waals surface area contributed by atoms with Crippen LogP contribution in [0.1, 0.15) is 10.4 Å². The predicted molar refractivity (Wildman–Crippen MR) is 73.4 cm³/mol. The van der Waals surface area contributed by atoms with Crippen molar-refractivity contribution in [3.05, 3.63) is 62.6 Å². The summed E-state index contributed by atoms with van der Waals surface area (Å²) in [6.45, 7) is 0. The third kappa shape index (κ3) is 3.36. The topological polar surface area (TPSA) is 29.1 Å². The molecule has 0 fully saturated rings. The lowest BCUT2D eigenvalue weighted by molar-refractivity contribution is 0.102. The van der Waals surface area contributed by atoms with Gasteiger partial charge in [0.05, 0.1) is 20.7 Å². The molecule has 1 N–H and O–H groups in total. The predicted octanol–water partition coefficient (Wildman–Crippen LogP) is 4.91. The number of halogens is 6. The van der Waals surface area contributed by atoms with Crippen LogP contribution in [0.4, 0.5) is 23.2 Å². The zero-order valence-electron chi connectivity index (χ0n) is 9.99. The molecule has 8 heteroatoms. The highest BCUT2D eigenvalue weighted by molar-refractivity contribution is 9.10. The van der Waals surface area contributed by atoms with E-state index in [4.69, 9.17) is 11.6 Å². The van der Waals surface area contributed by atoms with E-state index in [0.717, 1.165) is 6.07 Å². The van der Waals surface area contributed by atoms with Crippen LogP contribution in [0.15, 0.2) is 28.7 Å². The van der Waals surface area contributed by atoms with Gasteiger partial charge < -0.3 is 5.32 Å². The number of amides is 1. The monoisotopic (exact) mass is 381 g/mol. The van der Waals surface area contributed by atoms with E-state index < -0.39 is 45.4 Å². The molecule has 0 aromatic heterocycles. The Balaban J connectivity index is 2.35.